The van der Waals surface area contributed by atoms with Gasteiger partial charge < -0.3 is 34.3 Å². The highest BCUT2D eigenvalue weighted by Crippen LogP contribution is 2.40. The second kappa shape index (κ2) is 7.17. The van der Waals surface area contributed by atoms with E-state index in [1.165, 1.54) is 26.9 Å². The van der Waals surface area contributed by atoms with Gasteiger partial charge in [0.05, 0.1) is 12.9 Å². The molecule has 0 spiro atoms. The van der Waals surface area contributed by atoms with Crippen molar-refractivity contribution in [3.05, 3.63) is 12.7 Å². The number of methoxy groups -OCH3 is 2. The van der Waals surface area contributed by atoms with Crippen LogP contribution in [-0.2, 0) is 30.5 Å². The Morgan fingerprint density at radius 2 is 2.00 bits per heavy atom. The van der Waals surface area contributed by atoms with E-state index in [-0.39, 0.29) is 12.4 Å². The van der Waals surface area contributed by atoms with Gasteiger partial charge in [-0.15, -0.1) is 0 Å². The number of nitrogens with two attached hydrogens (primary N) is 1. The number of imidazole rings is 1. The number of anilines is 1. The summed E-state index contributed by atoms with van der Waals surface area (Å²) in [6, 6.07) is 0. The molecule has 0 amide bonds. The molecule has 0 radical (unpaired) electrons. The molecule has 1 fully saturated rings. The van der Waals surface area contributed by atoms with E-state index in [1.807, 2.05) is 0 Å². The van der Waals surface area contributed by atoms with Gasteiger partial charge in [-0.05, 0) is 11.8 Å². The van der Waals surface area contributed by atoms with Crippen LogP contribution in [0.3, 0.4) is 0 Å². The molecule has 1 saturated heterocycles. The zero-order chi connectivity index (χ0) is 18.2. The number of nitrogen functional groups attached to an aromatic ring is 1. The number of rotatable bonds is 6. The van der Waals surface area contributed by atoms with Gasteiger partial charge in [-0.1, -0.05) is 0 Å². The van der Waals surface area contributed by atoms with Gasteiger partial charge in [-0.3, -0.25) is 4.57 Å². The van der Waals surface area contributed by atoms with Crippen molar-refractivity contribution in [2.24, 2.45) is 0 Å². The molecular weight excluding hydrogens is 373 g/mol. The molecule has 13 heteroatoms. The summed E-state index contributed by atoms with van der Waals surface area (Å²) in [5, 5.41) is 0. The molecule has 1 aliphatic rings. The van der Waals surface area contributed by atoms with Crippen molar-refractivity contribution in [1.29, 1.82) is 0 Å². The zero-order valence-electron chi connectivity index (χ0n) is 13.4. The number of fused-ring (bicyclic) bond motifs is 1. The van der Waals surface area contributed by atoms with Crippen LogP contribution in [0.4, 0.5) is 5.82 Å². The molecular formula is C12H18N5O6PS. The lowest BCUT2D eigenvalue weighted by Gasteiger charge is -2.22. The maximum atomic E-state index is 9.27. The fourth-order valence-corrected chi connectivity index (χ4v) is 3.35. The van der Waals surface area contributed by atoms with Crippen LogP contribution in [0.25, 0.3) is 11.2 Å². The third-order valence-electron chi connectivity index (χ3n) is 3.90. The molecule has 4 N–H and O–H groups in total. The van der Waals surface area contributed by atoms with E-state index in [0.29, 0.717) is 11.2 Å². The van der Waals surface area contributed by atoms with Gasteiger partial charge in [0.25, 0.3) is 0 Å². The average molecular weight is 391 g/mol. The topological polar surface area (TPSA) is 147 Å². The summed E-state index contributed by atoms with van der Waals surface area (Å²) < 4.78 is 23.5. The van der Waals surface area contributed by atoms with E-state index in [9.17, 15) is 9.79 Å². The SMILES string of the molecule is COC1C(COP(O)(O)=S)OC(n2cnc3c(N)ncnc32)C1OC. The molecule has 0 aromatic carbocycles. The van der Waals surface area contributed by atoms with E-state index in [1.54, 1.807) is 4.57 Å². The zero-order valence-corrected chi connectivity index (χ0v) is 15.1. The second-order valence-electron chi connectivity index (χ2n) is 5.34. The standard InChI is InChI=1S/C12H18N5O6PS/c1-20-8-6(3-22-24(18,19)25)23-12(9(8)21-2)17-5-16-7-10(13)14-4-15-11(7)17/h4-6,8-9,12H,3H2,1-2H3,(H2,13,14,15)(H2,18,19,25). The minimum atomic E-state index is -3.81. The van der Waals surface area contributed by atoms with Crippen molar-refractivity contribution in [3.63, 3.8) is 0 Å². The number of hydrogen-bond donors (Lipinski definition) is 3. The molecule has 1 aliphatic heterocycles. The quantitative estimate of drug-likeness (QED) is 0.551. The minimum absolute atomic E-state index is 0.164. The third kappa shape index (κ3) is 3.66. The highest BCUT2D eigenvalue weighted by Gasteiger charge is 2.47. The molecule has 4 atom stereocenters. The van der Waals surface area contributed by atoms with Crippen molar-refractivity contribution in [3.8, 4) is 0 Å². The predicted molar refractivity (Wildman–Crippen MR) is 89.9 cm³/mol. The van der Waals surface area contributed by atoms with Crippen LogP contribution in [-0.4, -0.2) is 68.4 Å². The van der Waals surface area contributed by atoms with E-state index >= 15 is 0 Å². The van der Waals surface area contributed by atoms with Gasteiger partial charge in [0, 0.05) is 14.2 Å². The molecule has 3 heterocycles. The first kappa shape index (κ1) is 18.5. The summed E-state index contributed by atoms with van der Waals surface area (Å²) in [5.74, 6) is 0.250. The summed E-state index contributed by atoms with van der Waals surface area (Å²) in [7, 11) is 3.01. The maximum absolute atomic E-state index is 9.27. The Labute approximate surface area is 148 Å². The Balaban J connectivity index is 1.92. The number of nitrogens with zero attached hydrogens (tertiary/aromatic N) is 4. The van der Waals surface area contributed by atoms with E-state index in [0.717, 1.165) is 0 Å². The summed E-state index contributed by atoms with van der Waals surface area (Å²) >= 11 is 4.47. The van der Waals surface area contributed by atoms with Crippen LogP contribution in [0.1, 0.15) is 6.23 Å². The Hall–Kier alpha value is -1.24. The highest BCUT2D eigenvalue weighted by atomic mass is 32.5. The molecule has 11 nitrogen and oxygen atoms in total. The highest BCUT2D eigenvalue weighted by molar-refractivity contribution is 8.06. The Morgan fingerprint density at radius 3 is 2.64 bits per heavy atom. The van der Waals surface area contributed by atoms with Gasteiger partial charge in [-0.25, -0.2) is 15.0 Å². The van der Waals surface area contributed by atoms with Crippen LogP contribution in [0.2, 0.25) is 0 Å². The molecule has 2 aromatic rings. The molecule has 0 saturated carbocycles. The van der Waals surface area contributed by atoms with E-state index in [4.69, 9.17) is 24.5 Å². The fraction of sp³-hybridized carbons (Fsp3) is 0.583. The Kier molecular flexibility index (Phi) is 5.32. The summed E-state index contributed by atoms with van der Waals surface area (Å²) in [5.41, 5.74) is 6.72. The molecule has 0 bridgehead atoms. The average Bonchev–Trinajstić information content (AvgIpc) is 3.13. The van der Waals surface area contributed by atoms with Crippen LogP contribution >= 0.6 is 6.72 Å². The summed E-state index contributed by atoms with van der Waals surface area (Å²) in [6.07, 6.45) is 0.506. The second-order valence-corrected chi connectivity index (χ2v) is 8.00. The van der Waals surface area contributed by atoms with E-state index < -0.39 is 31.3 Å². The predicted octanol–water partition coefficient (Wildman–Crippen LogP) is -0.438. The molecule has 3 rings (SSSR count). The third-order valence-corrected chi connectivity index (χ3v) is 4.70. The van der Waals surface area contributed by atoms with Gasteiger partial charge in [0.1, 0.15) is 30.2 Å². The van der Waals surface area contributed by atoms with Crippen LogP contribution in [0.5, 0.6) is 0 Å². The summed E-state index contributed by atoms with van der Waals surface area (Å²) in [6.45, 7) is -3.97. The molecule has 4 unspecified atom stereocenters. The summed E-state index contributed by atoms with van der Waals surface area (Å²) in [4.78, 5) is 30.8. The van der Waals surface area contributed by atoms with Gasteiger partial charge in [-0.2, -0.15) is 0 Å². The van der Waals surface area contributed by atoms with E-state index in [2.05, 4.69) is 26.8 Å². The van der Waals surface area contributed by atoms with Crippen molar-refractivity contribution >= 4 is 35.5 Å². The molecule has 138 valence electrons. The first-order valence-electron chi connectivity index (χ1n) is 7.20. The van der Waals surface area contributed by atoms with Crippen molar-refractivity contribution < 1.29 is 28.5 Å². The fourth-order valence-electron chi connectivity index (χ4n) is 2.83. The first-order chi connectivity index (χ1) is 11.9. The Bertz CT molecular complexity index is 799. The maximum Gasteiger partial charge on any atom is 0.321 e. The lowest BCUT2D eigenvalue weighted by atomic mass is 10.1. The smallest absolute Gasteiger partial charge is 0.321 e. The Morgan fingerprint density at radius 1 is 1.28 bits per heavy atom. The minimum Gasteiger partial charge on any atom is -0.382 e. The van der Waals surface area contributed by atoms with Gasteiger partial charge >= 0.3 is 6.72 Å². The van der Waals surface area contributed by atoms with Crippen molar-refractivity contribution in [2.45, 2.75) is 24.5 Å². The van der Waals surface area contributed by atoms with Gasteiger partial charge in [0.15, 0.2) is 17.7 Å². The lowest BCUT2D eigenvalue weighted by molar-refractivity contribution is -0.0567. The number of ether oxygens (including phenoxy) is 3. The monoisotopic (exact) mass is 391 g/mol. The lowest BCUT2D eigenvalue weighted by Crippen LogP contribution is -2.36. The van der Waals surface area contributed by atoms with Crippen LogP contribution in [0.15, 0.2) is 12.7 Å². The van der Waals surface area contributed by atoms with Crippen molar-refractivity contribution in [1.82, 2.24) is 19.5 Å². The molecule has 0 aliphatic carbocycles. The number of aromatic nitrogens is 4. The molecule has 2 aromatic heterocycles. The number of hydrogen-bond acceptors (Lipinski definition) is 9. The van der Waals surface area contributed by atoms with Crippen LogP contribution < -0.4 is 5.73 Å². The van der Waals surface area contributed by atoms with Crippen molar-refractivity contribution in [2.75, 3.05) is 26.6 Å². The largest absolute Gasteiger partial charge is 0.382 e. The van der Waals surface area contributed by atoms with Gasteiger partial charge in [0.2, 0.25) is 0 Å². The first-order valence-corrected chi connectivity index (χ1v) is 9.82. The molecule has 25 heavy (non-hydrogen) atoms. The van der Waals surface area contributed by atoms with Crippen LogP contribution in [0, 0.1) is 0 Å². The normalized spacial score (nSPS) is 27.2.